The topological polar surface area (TPSA) is 49.3 Å². The largest absolute Gasteiger partial charge is 0.480 e. The molecule has 0 saturated heterocycles. The minimum absolute atomic E-state index is 0.357. The van der Waals surface area contributed by atoms with Crippen LogP contribution in [0.2, 0.25) is 0 Å². The van der Waals surface area contributed by atoms with E-state index in [-0.39, 0.29) is 5.25 Å². The third kappa shape index (κ3) is 5.10. The van der Waals surface area contributed by atoms with Crippen LogP contribution in [0.5, 0.6) is 0 Å². The summed E-state index contributed by atoms with van der Waals surface area (Å²) in [5, 5.41) is 12.0. The standard InChI is InChI=1S/C14H21NO2S/c1-4-13(14(16)17)18-12-7-5-11(6-8-12)9-15-10(2)3/h5-8,10,13,15H,4,9H2,1-3H3,(H,16,17). The highest BCUT2D eigenvalue weighted by Crippen LogP contribution is 2.25. The molecule has 0 bridgehead atoms. The van der Waals surface area contributed by atoms with Gasteiger partial charge in [-0.05, 0) is 24.1 Å². The summed E-state index contributed by atoms with van der Waals surface area (Å²) in [5.74, 6) is -0.743. The van der Waals surface area contributed by atoms with E-state index in [1.54, 1.807) is 0 Å². The maximum Gasteiger partial charge on any atom is 0.316 e. The Morgan fingerprint density at radius 1 is 1.33 bits per heavy atom. The number of hydrogen-bond acceptors (Lipinski definition) is 3. The molecule has 18 heavy (non-hydrogen) atoms. The lowest BCUT2D eigenvalue weighted by atomic mass is 10.2. The Morgan fingerprint density at radius 2 is 1.94 bits per heavy atom. The van der Waals surface area contributed by atoms with Crippen LogP contribution >= 0.6 is 11.8 Å². The summed E-state index contributed by atoms with van der Waals surface area (Å²) >= 11 is 1.41. The van der Waals surface area contributed by atoms with Gasteiger partial charge in [0, 0.05) is 17.5 Å². The van der Waals surface area contributed by atoms with Crippen molar-refractivity contribution in [3.63, 3.8) is 0 Å². The molecule has 1 aromatic carbocycles. The molecule has 0 amide bonds. The van der Waals surface area contributed by atoms with Crippen LogP contribution < -0.4 is 5.32 Å². The second-order valence-corrected chi connectivity index (χ2v) is 5.81. The van der Waals surface area contributed by atoms with Crippen molar-refractivity contribution < 1.29 is 9.90 Å². The van der Waals surface area contributed by atoms with Gasteiger partial charge in [0.2, 0.25) is 0 Å². The summed E-state index contributed by atoms with van der Waals surface area (Å²) in [6.07, 6.45) is 0.636. The van der Waals surface area contributed by atoms with E-state index in [0.29, 0.717) is 12.5 Å². The molecule has 0 spiro atoms. The molecule has 0 fully saturated rings. The molecule has 0 radical (unpaired) electrons. The molecule has 1 atom stereocenters. The van der Waals surface area contributed by atoms with E-state index < -0.39 is 5.97 Å². The summed E-state index contributed by atoms with van der Waals surface area (Å²) in [4.78, 5) is 12.0. The number of carboxylic acids is 1. The lowest BCUT2D eigenvalue weighted by Gasteiger charge is -2.11. The maximum absolute atomic E-state index is 10.9. The zero-order valence-corrected chi connectivity index (χ0v) is 12.0. The quantitative estimate of drug-likeness (QED) is 0.745. The fourth-order valence-electron chi connectivity index (χ4n) is 1.48. The molecule has 0 saturated carbocycles. The first-order chi connectivity index (χ1) is 8.52. The highest BCUT2D eigenvalue weighted by atomic mass is 32.2. The van der Waals surface area contributed by atoms with Gasteiger partial charge in [-0.15, -0.1) is 11.8 Å². The van der Waals surface area contributed by atoms with Crippen molar-refractivity contribution in [1.29, 1.82) is 0 Å². The number of carbonyl (C=O) groups is 1. The highest BCUT2D eigenvalue weighted by Gasteiger charge is 2.15. The number of rotatable bonds is 7. The van der Waals surface area contributed by atoms with Crippen molar-refractivity contribution in [3.8, 4) is 0 Å². The second-order valence-electron chi connectivity index (χ2n) is 4.53. The van der Waals surface area contributed by atoms with Crippen molar-refractivity contribution in [3.05, 3.63) is 29.8 Å². The summed E-state index contributed by atoms with van der Waals surface area (Å²) in [6, 6.07) is 8.55. The molecule has 1 aromatic rings. The Kier molecular flexibility index (Phi) is 6.22. The predicted octanol–water partition coefficient (Wildman–Crippen LogP) is 3.14. The average molecular weight is 267 g/mol. The Hall–Kier alpha value is -1.00. The highest BCUT2D eigenvalue weighted by molar-refractivity contribution is 8.00. The first-order valence-corrected chi connectivity index (χ1v) is 7.12. The number of aliphatic carboxylic acids is 1. The number of benzene rings is 1. The van der Waals surface area contributed by atoms with Crippen LogP contribution in [-0.2, 0) is 11.3 Å². The van der Waals surface area contributed by atoms with Gasteiger partial charge in [-0.1, -0.05) is 32.9 Å². The monoisotopic (exact) mass is 267 g/mol. The fourth-order valence-corrected chi connectivity index (χ4v) is 2.37. The third-order valence-corrected chi connectivity index (χ3v) is 3.93. The third-order valence-electron chi connectivity index (χ3n) is 2.56. The van der Waals surface area contributed by atoms with Gasteiger partial charge in [-0.25, -0.2) is 0 Å². The summed E-state index contributed by atoms with van der Waals surface area (Å²) in [6.45, 7) is 6.97. The number of carboxylic acid groups (broad SMARTS) is 1. The molecule has 2 N–H and O–H groups in total. The van der Waals surface area contributed by atoms with Crippen molar-refractivity contribution in [2.45, 2.75) is 49.9 Å². The molecule has 3 nitrogen and oxygen atoms in total. The molecular weight excluding hydrogens is 246 g/mol. The first-order valence-electron chi connectivity index (χ1n) is 6.24. The van der Waals surface area contributed by atoms with E-state index >= 15 is 0 Å². The smallest absolute Gasteiger partial charge is 0.316 e. The number of hydrogen-bond donors (Lipinski definition) is 2. The summed E-state index contributed by atoms with van der Waals surface area (Å²) in [5.41, 5.74) is 1.22. The number of thioether (sulfide) groups is 1. The first kappa shape index (κ1) is 15.1. The van der Waals surface area contributed by atoms with Gasteiger partial charge in [0.1, 0.15) is 5.25 Å². The molecule has 1 rings (SSSR count). The second kappa shape index (κ2) is 7.44. The summed E-state index contributed by atoms with van der Waals surface area (Å²) < 4.78 is 0. The van der Waals surface area contributed by atoms with Crippen molar-refractivity contribution in [2.24, 2.45) is 0 Å². The van der Waals surface area contributed by atoms with Crippen LogP contribution in [0.3, 0.4) is 0 Å². The normalized spacial score (nSPS) is 12.7. The molecule has 0 aliphatic carbocycles. The summed E-state index contributed by atoms with van der Waals surface area (Å²) in [7, 11) is 0. The van der Waals surface area contributed by atoms with E-state index in [1.807, 2.05) is 31.2 Å². The molecule has 1 unspecified atom stereocenters. The lowest BCUT2D eigenvalue weighted by molar-refractivity contribution is -0.136. The Balaban J connectivity index is 2.57. The van der Waals surface area contributed by atoms with Gasteiger partial charge in [-0.3, -0.25) is 4.79 Å². The number of nitrogens with one attached hydrogen (secondary N) is 1. The fraction of sp³-hybridized carbons (Fsp3) is 0.500. The molecule has 0 aliphatic rings. The van der Waals surface area contributed by atoms with Gasteiger partial charge in [0.15, 0.2) is 0 Å². The lowest BCUT2D eigenvalue weighted by Crippen LogP contribution is -2.21. The maximum atomic E-state index is 10.9. The van der Waals surface area contributed by atoms with Crippen LogP contribution in [0.15, 0.2) is 29.2 Å². The van der Waals surface area contributed by atoms with Crippen LogP contribution in [-0.4, -0.2) is 22.4 Å². The van der Waals surface area contributed by atoms with Crippen LogP contribution in [0.4, 0.5) is 0 Å². The minimum atomic E-state index is -0.743. The van der Waals surface area contributed by atoms with Crippen LogP contribution in [0, 0.1) is 0 Å². The molecule has 0 heterocycles. The van der Waals surface area contributed by atoms with E-state index in [9.17, 15) is 4.79 Å². The van der Waals surface area contributed by atoms with Crippen LogP contribution in [0.25, 0.3) is 0 Å². The average Bonchev–Trinajstić information content (AvgIpc) is 2.34. The molecule has 100 valence electrons. The van der Waals surface area contributed by atoms with E-state index in [2.05, 4.69) is 19.2 Å². The Bertz CT molecular complexity index is 376. The molecular formula is C14H21NO2S. The Labute approximate surface area is 113 Å². The van der Waals surface area contributed by atoms with E-state index in [0.717, 1.165) is 11.4 Å². The van der Waals surface area contributed by atoms with Crippen LogP contribution in [0.1, 0.15) is 32.8 Å². The molecule has 0 aromatic heterocycles. The SMILES string of the molecule is CCC(Sc1ccc(CNC(C)C)cc1)C(=O)O. The van der Waals surface area contributed by atoms with E-state index in [1.165, 1.54) is 17.3 Å². The van der Waals surface area contributed by atoms with Gasteiger partial charge >= 0.3 is 5.97 Å². The van der Waals surface area contributed by atoms with Gasteiger partial charge < -0.3 is 10.4 Å². The minimum Gasteiger partial charge on any atom is -0.480 e. The van der Waals surface area contributed by atoms with Crippen molar-refractivity contribution in [2.75, 3.05) is 0 Å². The van der Waals surface area contributed by atoms with Gasteiger partial charge in [-0.2, -0.15) is 0 Å². The van der Waals surface area contributed by atoms with Crippen molar-refractivity contribution in [1.82, 2.24) is 5.32 Å². The molecule has 4 heteroatoms. The van der Waals surface area contributed by atoms with Gasteiger partial charge in [0.05, 0.1) is 0 Å². The zero-order valence-electron chi connectivity index (χ0n) is 11.1. The predicted molar refractivity (Wildman–Crippen MR) is 76.0 cm³/mol. The zero-order chi connectivity index (χ0) is 13.5. The van der Waals surface area contributed by atoms with E-state index in [4.69, 9.17) is 5.11 Å². The van der Waals surface area contributed by atoms with Crippen molar-refractivity contribution >= 4 is 17.7 Å². The Morgan fingerprint density at radius 3 is 2.39 bits per heavy atom. The van der Waals surface area contributed by atoms with Gasteiger partial charge in [0.25, 0.3) is 0 Å². The molecule has 0 aliphatic heterocycles.